The van der Waals surface area contributed by atoms with Gasteiger partial charge in [0.15, 0.2) is 0 Å². The van der Waals surface area contributed by atoms with E-state index in [-0.39, 0.29) is 0 Å². The van der Waals surface area contributed by atoms with E-state index in [1.807, 2.05) is 0 Å². The number of piperidine rings is 1. The fourth-order valence-corrected chi connectivity index (χ4v) is 2.30. The van der Waals surface area contributed by atoms with Crippen molar-refractivity contribution in [2.75, 3.05) is 32.8 Å². The lowest BCUT2D eigenvalue weighted by Gasteiger charge is -2.24. The second kappa shape index (κ2) is 5.69. The fourth-order valence-electron chi connectivity index (χ4n) is 2.30. The van der Waals surface area contributed by atoms with Crippen LogP contribution in [0.15, 0.2) is 0 Å². The molecule has 2 atom stereocenters. The molecule has 82 valence electrons. The Kier molecular flexibility index (Phi) is 4.22. The van der Waals surface area contributed by atoms with Crippen molar-refractivity contribution in [3.05, 3.63) is 0 Å². The van der Waals surface area contributed by atoms with Gasteiger partial charge >= 0.3 is 0 Å². The van der Waals surface area contributed by atoms with Gasteiger partial charge in [0.1, 0.15) is 0 Å². The Morgan fingerprint density at radius 2 is 2.21 bits per heavy atom. The van der Waals surface area contributed by atoms with Gasteiger partial charge in [-0.05, 0) is 31.7 Å². The van der Waals surface area contributed by atoms with E-state index in [1.54, 1.807) is 0 Å². The fraction of sp³-hybridized carbons (Fsp3) is 1.00. The van der Waals surface area contributed by atoms with E-state index in [4.69, 9.17) is 4.74 Å². The van der Waals surface area contributed by atoms with Crippen molar-refractivity contribution in [1.82, 2.24) is 10.6 Å². The van der Waals surface area contributed by atoms with Gasteiger partial charge in [-0.2, -0.15) is 0 Å². The summed E-state index contributed by atoms with van der Waals surface area (Å²) in [5, 5.41) is 7.11. The minimum absolute atomic E-state index is 0.714. The average Bonchev–Trinajstić information content (AvgIpc) is 2.72. The molecule has 2 heterocycles. The van der Waals surface area contributed by atoms with Crippen LogP contribution in [0.2, 0.25) is 0 Å². The number of nitrogens with one attached hydrogen (secondary N) is 2. The van der Waals surface area contributed by atoms with E-state index in [9.17, 15) is 0 Å². The molecule has 0 amide bonds. The van der Waals surface area contributed by atoms with Crippen LogP contribution in [0.4, 0.5) is 0 Å². The van der Waals surface area contributed by atoms with Gasteiger partial charge in [0.05, 0.1) is 6.61 Å². The lowest BCUT2D eigenvalue weighted by Crippen LogP contribution is -2.42. The predicted molar refractivity (Wildman–Crippen MR) is 57.4 cm³/mol. The molecule has 0 aromatic rings. The standard InChI is InChI=1S/C11H22N2O/c1-2-5-13-11(3-1)8-12-7-10-4-6-14-9-10/h10-13H,1-9H2. The van der Waals surface area contributed by atoms with Crippen molar-refractivity contribution in [1.29, 1.82) is 0 Å². The zero-order valence-corrected chi connectivity index (χ0v) is 8.93. The smallest absolute Gasteiger partial charge is 0.0507 e. The summed E-state index contributed by atoms with van der Waals surface area (Å²) in [6, 6.07) is 0.714. The zero-order valence-electron chi connectivity index (χ0n) is 8.93. The summed E-state index contributed by atoms with van der Waals surface area (Å²) in [5.74, 6) is 0.763. The van der Waals surface area contributed by atoms with Crippen LogP contribution in [0.5, 0.6) is 0 Å². The van der Waals surface area contributed by atoms with Gasteiger partial charge in [-0.1, -0.05) is 6.42 Å². The second-order valence-electron chi connectivity index (χ2n) is 4.53. The minimum atomic E-state index is 0.714. The van der Waals surface area contributed by atoms with Gasteiger partial charge in [0.25, 0.3) is 0 Å². The monoisotopic (exact) mass is 198 g/mol. The van der Waals surface area contributed by atoms with E-state index in [0.717, 1.165) is 32.2 Å². The van der Waals surface area contributed by atoms with E-state index < -0.39 is 0 Å². The van der Waals surface area contributed by atoms with Crippen LogP contribution in [0.3, 0.4) is 0 Å². The Morgan fingerprint density at radius 3 is 2.93 bits per heavy atom. The van der Waals surface area contributed by atoms with Gasteiger partial charge in [-0.15, -0.1) is 0 Å². The Bertz CT molecular complexity index is 151. The number of hydrogen-bond donors (Lipinski definition) is 2. The summed E-state index contributed by atoms with van der Waals surface area (Å²) < 4.78 is 5.34. The third-order valence-corrected chi connectivity index (χ3v) is 3.26. The largest absolute Gasteiger partial charge is 0.381 e. The summed E-state index contributed by atoms with van der Waals surface area (Å²) >= 11 is 0. The quantitative estimate of drug-likeness (QED) is 0.699. The highest BCUT2D eigenvalue weighted by Gasteiger charge is 2.16. The van der Waals surface area contributed by atoms with Crippen molar-refractivity contribution in [2.24, 2.45) is 5.92 Å². The van der Waals surface area contributed by atoms with Crippen LogP contribution in [0, 0.1) is 5.92 Å². The maximum absolute atomic E-state index is 5.34. The first-order chi connectivity index (χ1) is 6.95. The van der Waals surface area contributed by atoms with Crippen LogP contribution >= 0.6 is 0 Å². The molecule has 0 radical (unpaired) electrons. The number of rotatable bonds is 4. The first-order valence-corrected chi connectivity index (χ1v) is 5.97. The summed E-state index contributed by atoms with van der Waals surface area (Å²) in [5.41, 5.74) is 0. The predicted octanol–water partition coefficient (Wildman–Crippen LogP) is 0.755. The molecule has 3 heteroatoms. The van der Waals surface area contributed by atoms with Crippen LogP contribution in [0.25, 0.3) is 0 Å². The van der Waals surface area contributed by atoms with Crippen molar-refractivity contribution in [2.45, 2.75) is 31.7 Å². The van der Waals surface area contributed by atoms with E-state index in [2.05, 4.69) is 10.6 Å². The van der Waals surface area contributed by atoms with Gasteiger partial charge in [0, 0.05) is 25.7 Å². The molecule has 0 aliphatic carbocycles. The third-order valence-electron chi connectivity index (χ3n) is 3.26. The molecule has 3 nitrogen and oxygen atoms in total. The molecule has 2 unspecified atom stereocenters. The molecule has 0 bridgehead atoms. The summed E-state index contributed by atoms with van der Waals surface area (Å²) in [7, 11) is 0. The van der Waals surface area contributed by atoms with Crippen molar-refractivity contribution >= 4 is 0 Å². The molecule has 2 rings (SSSR count). The molecular weight excluding hydrogens is 176 g/mol. The molecule has 2 aliphatic heterocycles. The van der Waals surface area contributed by atoms with E-state index >= 15 is 0 Å². The third kappa shape index (κ3) is 3.23. The first kappa shape index (κ1) is 10.4. The first-order valence-electron chi connectivity index (χ1n) is 5.97. The highest BCUT2D eigenvalue weighted by molar-refractivity contribution is 4.75. The number of ether oxygens (including phenoxy) is 1. The van der Waals surface area contributed by atoms with Crippen molar-refractivity contribution < 1.29 is 4.74 Å². The second-order valence-corrected chi connectivity index (χ2v) is 4.53. The Balaban J connectivity index is 1.52. The molecule has 2 N–H and O–H groups in total. The molecule has 2 saturated heterocycles. The van der Waals surface area contributed by atoms with Crippen LogP contribution in [0.1, 0.15) is 25.7 Å². The molecule has 0 aromatic heterocycles. The van der Waals surface area contributed by atoms with Crippen molar-refractivity contribution in [3.8, 4) is 0 Å². The SMILES string of the molecule is C1CCC(CNCC2CCOC2)NC1. The minimum Gasteiger partial charge on any atom is -0.381 e. The van der Waals surface area contributed by atoms with Crippen LogP contribution in [-0.4, -0.2) is 38.9 Å². The summed E-state index contributed by atoms with van der Waals surface area (Å²) in [6.07, 6.45) is 5.33. The summed E-state index contributed by atoms with van der Waals surface area (Å²) in [6.45, 7) is 5.41. The van der Waals surface area contributed by atoms with Crippen LogP contribution < -0.4 is 10.6 Å². The Morgan fingerprint density at radius 1 is 1.21 bits per heavy atom. The molecule has 0 aromatic carbocycles. The van der Waals surface area contributed by atoms with E-state index in [1.165, 1.54) is 32.2 Å². The zero-order chi connectivity index (χ0) is 9.64. The highest BCUT2D eigenvalue weighted by atomic mass is 16.5. The summed E-state index contributed by atoms with van der Waals surface area (Å²) in [4.78, 5) is 0. The van der Waals surface area contributed by atoms with Gasteiger partial charge in [0.2, 0.25) is 0 Å². The maximum Gasteiger partial charge on any atom is 0.0507 e. The van der Waals surface area contributed by atoms with Crippen LogP contribution in [-0.2, 0) is 4.74 Å². The lowest BCUT2D eigenvalue weighted by molar-refractivity contribution is 0.185. The number of hydrogen-bond acceptors (Lipinski definition) is 3. The molecule has 2 aliphatic rings. The average molecular weight is 198 g/mol. The molecular formula is C11H22N2O. The Hall–Kier alpha value is -0.120. The topological polar surface area (TPSA) is 33.3 Å². The molecule has 0 saturated carbocycles. The molecule has 0 spiro atoms. The van der Waals surface area contributed by atoms with Crippen molar-refractivity contribution in [3.63, 3.8) is 0 Å². The maximum atomic E-state index is 5.34. The Labute approximate surface area is 86.6 Å². The van der Waals surface area contributed by atoms with Gasteiger partial charge < -0.3 is 15.4 Å². The normalized spacial score (nSPS) is 33.4. The lowest BCUT2D eigenvalue weighted by atomic mass is 10.0. The highest BCUT2D eigenvalue weighted by Crippen LogP contribution is 2.11. The molecule has 14 heavy (non-hydrogen) atoms. The van der Waals surface area contributed by atoms with Gasteiger partial charge in [-0.25, -0.2) is 0 Å². The van der Waals surface area contributed by atoms with Gasteiger partial charge in [-0.3, -0.25) is 0 Å². The molecule has 2 fully saturated rings. The van der Waals surface area contributed by atoms with E-state index in [0.29, 0.717) is 6.04 Å².